The van der Waals surface area contributed by atoms with E-state index in [1.54, 1.807) is 42.5 Å². The minimum Gasteiger partial charge on any atom is -0.370 e. The second kappa shape index (κ2) is 10.8. The Balaban J connectivity index is 0.00000336. The first kappa shape index (κ1) is 27.0. The molecule has 0 fully saturated rings. The summed E-state index contributed by atoms with van der Waals surface area (Å²) < 4.78 is 58.0. The Labute approximate surface area is 225 Å². The van der Waals surface area contributed by atoms with Gasteiger partial charge >= 0.3 is 0 Å². The number of guanidine groups is 1. The maximum Gasteiger partial charge on any atom is 0.243 e. The Hall–Kier alpha value is -4.04. The molecule has 2 aliphatic heterocycles. The summed E-state index contributed by atoms with van der Waals surface area (Å²) in [5.41, 5.74) is 8.29. The molecule has 38 heavy (non-hydrogen) atoms. The van der Waals surface area contributed by atoms with Crippen molar-refractivity contribution in [2.75, 3.05) is 13.1 Å². The number of aliphatic imine (C=N–C) groups is 1. The van der Waals surface area contributed by atoms with E-state index >= 15 is 0 Å². The highest BCUT2D eigenvalue weighted by Gasteiger charge is 2.38. The van der Waals surface area contributed by atoms with Gasteiger partial charge in [0.05, 0.1) is 16.5 Å². The van der Waals surface area contributed by atoms with Gasteiger partial charge in [0.15, 0.2) is 5.96 Å². The number of hydrogen-bond donors (Lipinski definition) is 2. The van der Waals surface area contributed by atoms with Crippen LogP contribution in [-0.4, -0.2) is 31.8 Å². The van der Waals surface area contributed by atoms with Gasteiger partial charge in [-0.05, 0) is 53.6 Å². The van der Waals surface area contributed by atoms with Crippen LogP contribution in [0.5, 0.6) is 0 Å². The molecular weight excluding hydrogens is 532 g/mol. The van der Waals surface area contributed by atoms with Crippen molar-refractivity contribution in [1.29, 1.82) is 5.26 Å². The maximum atomic E-state index is 14.8. The predicted molar refractivity (Wildman–Crippen MR) is 142 cm³/mol. The average Bonchev–Trinajstić information content (AvgIpc) is 2.90. The van der Waals surface area contributed by atoms with Crippen LogP contribution in [-0.2, 0) is 10.0 Å². The second-order valence-electron chi connectivity index (χ2n) is 8.56. The van der Waals surface area contributed by atoms with Crippen LogP contribution < -0.4 is 11.1 Å². The van der Waals surface area contributed by atoms with E-state index < -0.39 is 27.7 Å². The molecule has 0 bridgehead atoms. The minimum atomic E-state index is -4.05. The Morgan fingerprint density at radius 2 is 1.66 bits per heavy atom. The van der Waals surface area contributed by atoms with E-state index in [-0.39, 0.29) is 47.5 Å². The van der Waals surface area contributed by atoms with Gasteiger partial charge in [0.2, 0.25) is 10.0 Å². The van der Waals surface area contributed by atoms with Crippen molar-refractivity contribution in [2.24, 2.45) is 10.7 Å². The lowest BCUT2D eigenvalue weighted by atomic mass is 9.90. The van der Waals surface area contributed by atoms with Gasteiger partial charge in [-0.15, -0.1) is 12.4 Å². The molecule has 3 aromatic rings. The molecule has 3 aromatic carbocycles. The van der Waals surface area contributed by atoms with Gasteiger partial charge in [-0.2, -0.15) is 9.57 Å². The van der Waals surface area contributed by atoms with Crippen LogP contribution in [0.1, 0.15) is 22.7 Å². The second-order valence-corrected chi connectivity index (χ2v) is 10.5. The van der Waals surface area contributed by atoms with Crippen molar-refractivity contribution in [3.05, 3.63) is 118 Å². The third-order valence-electron chi connectivity index (χ3n) is 6.24. The van der Waals surface area contributed by atoms with Gasteiger partial charge in [-0.25, -0.2) is 22.2 Å². The molecular formula is C27H22ClF2N5O2S. The Morgan fingerprint density at radius 1 is 1.00 bits per heavy atom. The largest absolute Gasteiger partial charge is 0.370 e. The molecule has 7 nitrogen and oxygen atoms in total. The SMILES string of the molecule is Cl.N#Cc1ccc(S(=O)(=O)N2CC3=C(NC(N)=NC3c3ccccc3F)/C(=C/c3ccccc3F)C2)cc1. The summed E-state index contributed by atoms with van der Waals surface area (Å²) in [6, 6.07) is 18.8. The van der Waals surface area contributed by atoms with Gasteiger partial charge in [-0.1, -0.05) is 36.4 Å². The lowest BCUT2D eigenvalue weighted by molar-refractivity contribution is 0.434. The number of nitriles is 1. The lowest BCUT2D eigenvalue weighted by Gasteiger charge is -2.37. The van der Waals surface area contributed by atoms with Crippen molar-refractivity contribution in [3.8, 4) is 6.07 Å². The molecule has 0 saturated heterocycles. The predicted octanol–water partition coefficient (Wildman–Crippen LogP) is 4.26. The van der Waals surface area contributed by atoms with Crippen molar-refractivity contribution >= 4 is 34.5 Å². The fourth-order valence-corrected chi connectivity index (χ4v) is 5.83. The number of benzene rings is 3. The minimum absolute atomic E-state index is 0. The third-order valence-corrected chi connectivity index (χ3v) is 8.05. The van der Waals surface area contributed by atoms with Gasteiger partial charge in [0, 0.05) is 29.9 Å². The summed E-state index contributed by atoms with van der Waals surface area (Å²) in [5.74, 6) is -0.952. The fourth-order valence-electron chi connectivity index (χ4n) is 4.43. The monoisotopic (exact) mass is 553 g/mol. The summed E-state index contributed by atoms with van der Waals surface area (Å²) in [6.45, 7) is -0.200. The normalized spacial score (nSPS) is 18.6. The Morgan fingerprint density at radius 3 is 2.32 bits per heavy atom. The summed E-state index contributed by atoms with van der Waals surface area (Å²) in [4.78, 5) is 4.39. The number of halogens is 3. The zero-order chi connectivity index (χ0) is 26.2. The van der Waals surface area contributed by atoms with E-state index in [2.05, 4.69) is 10.3 Å². The summed E-state index contributed by atoms with van der Waals surface area (Å²) in [6.07, 6.45) is 1.55. The number of nitrogens with one attached hydrogen (secondary N) is 1. The standard InChI is InChI=1S/C27H21F2N5O2S.ClH/c28-23-7-3-1-5-18(23)13-19-15-34(37(35,36)20-11-9-17(14-30)10-12-20)16-22-25(19)32-27(31)33-26(22)21-6-2-4-8-24(21)29;/h1-13,26H,15-16H2,(H3,31,32,33);1H/b19-13+;. The van der Waals surface area contributed by atoms with E-state index in [0.717, 1.165) is 0 Å². The zero-order valence-corrected chi connectivity index (χ0v) is 21.4. The summed E-state index contributed by atoms with van der Waals surface area (Å²) in [7, 11) is -4.05. The topological polar surface area (TPSA) is 112 Å². The van der Waals surface area contributed by atoms with Gasteiger partial charge in [-0.3, -0.25) is 0 Å². The van der Waals surface area contributed by atoms with Crippen molar-refractivity contribution < 1.29 is 17.2 Å². The van der Waals surface area contributed by atoms with E-state index in [0.29, 0.717) is 22.4 Å². The fraction of sp³-hybridized carbons (Fsp3) is 0.111. The zero-order valence-electron chi connectivity index (χ0n) is 19.8. The van der Waals surface area contributed by atoms with Crippen LogP contribution in [0.2, 0.25) is 0 Å². The van der Waals surface area contributed by atoms with Crippen LogP contribution >= 0.6 is 12.4 Å². The van der Waals surface area contributed by atoms with Crippen LogP contribution in [0.4, 0.5) is 8.78 Å². The van der Waals surface area contributed by atoms with Crippen LogP contribution in [0.15, 0.2) is 99.5 Å². The first-order chi connectivity index (χ1) is 17.8. The summed E-state index contributed by atoms with van der Waals surface area (Å²) >= 11 is 0. The molecule has 1 atom stereocenters. The lowest BCUT2D eigenvalue weighted by Crippen LogP contribution is -2.46. The van der Waals surface area contributed by atoms with E-state index in [1.165, 1.54) is 40.7 Å². The molecule has 0 spiro atoms. The van der Waals surface area contributed by atoms with Gasteiger partial charge in [0.25, 0.3) is 0 Å². The number of nitrogens with two attached hydrogens (primary N) is 1. The molecule has 1 unspecified atom stereocenters. The van der Waals surface area contributed by atoms with Crippen molar-refractivity contribution in [3.63, 3.8) is 0 Å². The van der Waals surface area contributed by atoms with Crippen LogP contribution in [0, 0.1) is 23.0 Å². The molecule has 5 rings (SSSR count). The van der Waals surface area contributed by atoms with Crippen LogP contribution in [0.3, 0.4) is 0 Å². The molecule has 194 valence electrons. The molecule has 0 amide bonds. The number of hydrogen-bond acceptors (Lipinski definition) is 6. The highest BCUT2D eigenvalue weighted by molar-refractivity contribution is 7.89. The van der Waals surface area contributed by atoms with Crippen molar-refractivity contribution in [2.45, 2.75) is 10.9 Å². The first-order valence-corrected chi connectivity index (χ1v) is 12.8. The molecule has 2 heterocycles. The van der Waals surface area contributed by atoms with Crippen LogP contribution in [0.25, 0.3) is 6.08 Å². The highest BCUT2D eigenvalue weighted by atomic mass is 35.5. The molecule has 0 aliphatic carbocycles. The molecule has 0 saturated carbocycles. The molecule has 3 N–H and O–H groups in total. The first-order valence-electron chi connectivity index (χ1n) is 11.3. The number of nitrogens with zero attached hydrogens (tertiary/aromatic N) is 3. The van der Waals surface area contributed by atoms with E-state index in [1.807, 2.05) is 6.07 Å². The van der Waals surface area contributed by atoms with Gasteiger partial charge < -0.3 is 11.1 Å². The summed E-state index contributed by atoms with van der Waals surface area (Å²) in [5, 5.41) is 12.1. The molecule has 0 radical (unpaired) electrons. The average molecular weight is 554 g/mol. The Bertz CT molecular complexity index is 1630. The smallest absolute Gasteiger partial charge is 0.243 e. The molecule has 11 heteroatoms. The number of rotatable bonds is 4. The maximum absolute atomic E-state index is 14.8. The quantitative estimate of drug-likeness (QED) is 0.501. The molecule has 0 aromatic heterocycles. The molecule has 2 aliphatic rings. The van der Waals surface area contributed by atoms with Crippen molar-refractivity contribution in [1.82, 2.24) is 9.62 Å². The third kappa shape index (κ3) is 5.04. The Kier molecular flexibility index (Phi) is 7.64. The van der Waals surface area contributed by atoms with Gasteiger partial charge in [0.1, 0.15) is 17.7 Å². The highest BCUT2D eigenvalue weighted by Crippen LogP contribution is 2.39. The van der Waals surface area contributed by atoms with E-state index in [4.69, 9.17) is 11.0 Å². The number of sulfonamides is 1. The van der Waals surface area contributed by atoms with E-state index in [9.17, 15) is 17.2 Å².